The number of anilines is 1. The lowest BCUT2D eigenvalue weighted by Gasteiger charge is -2.32. The Bertz CT molecular complexity index is 1150. The van der Waals surface area contributed by atoms with Gasteiger partial charge < -0.3 is 15.0 Å². The number of rotatable bonds is 4. The monoisotopic (exact) mass is 456 g/mol. The third-order valence-electron chi connectivity index (χ3n) is 5.60. The first-order valence-corrected chi connectivity index (χ1v) is 10.8. The summed E-state index contributed by atoms with van der Waals surface area (Å²) in [6, 6.07) is 16.2. The first kappa shape index (κ1) is 21.5. The molecule has 0 aromatic heterocycles. The van der Waals surface area contributed by atoms with Crippen LogP contribution in [0.5, 0.6) is 5.75 Å². The average Bonchev–Trinajstić information content (AvgIpc) is 2.80. The Hall–Kier alpha value is -2.76. The molecule has 1 saturated heterocycles. The Kier molecular flexibility index (Phi) is 6.35. The van der Waals surface area contributed by atoms with Crippen LogP contribution in [0, 0.1) is 5.92 Å². The van der Waals surface area contributed by atoms with Crippen molar-refractivity contribution < 1.29 is 14.3 Å². The fraction of sp³-hybridized carbons (Fsp3) is 0.250. The number of nitrogens with one attached hydrogen (secondary N) is 1. The number of hydrogen-bond acceptors (Lipinski definition) is 3. The molecule has 1 N–H and O–H groups in total. The molecule has 0 spiro atoms. The van der Waals surface area contributed by atoms with Crippen LogP contribution in [-0.4, -0.2) is 36.9 Å². The summed E-state index contributed by atoms with van der Waals surface area (Å²) in [4.78, 5) is 28.0. The van der Waals surface area contributed by atoms with Crippen LogP contribution in [0.4, 0.5) is 5.69 Å². The van der Waals surface area contributed by atoms with Gasteiger partial charge in [0.1, 0.15) is 5.75 Å². The minimum Gasteiger partial charge on any atom is -0.496 e. The van der Waals surface area contributed by atoms with Crippen LogP contribution in [0.15, 0.2) is 54.6 Å². The van der Waals surface area contributed by atoms with E-state index in [1.165, 1.54) is 0 Å². The summed E-state index contributed by atoms with van der Waals surface area (Å²) in [5.41, 5.74) is 1.08. The second-order valence-corrected chi connectivity index (χ2v) is 8.41. The molecule has 0 radical (unpaired) electrons. The van der Waals surface area contributed by atoms with Crippen LogP contribution in [0.2, 0.25) is 10.0 Å². The maximum atomic E-state index is 13.4. The number of likely N-dealkylation sites (tertiary alicyclic amines) is 1. The van der Waals surface area contributed by atoms with Crippen LogP contribution in [0.1, 0.15) is 23.2 Å². The van der Waals surface area contributed by atoms with Crippen molar-refractivity contribution >= 4 is 51.5 Å². The molecule has 31 heavy (non-hydrogen) atoms. The highest BCUT2D eigenvalue weighted by Crippen LogP contribution is 2.31. The van der Waals surface area contributed by atoms with E-state index in [0.29, 0.717) is 40.8 Å². The second kappa shape index (κ2) is 9.16. The zero-order chi connectivity index (χ0) is 22.0. The standard InChI is InChI=1S/C24H22Cl2N2O3/c1-31-22-11-9-19(17-6-2-3-7-18(17)22)24(30)28-12-4-5-15(14-28)23(29)27-21-13-16(25)8-10-20(21)26/h2-3,6-11,13,15H,4-5,12,14H2,1H3,(H,27,29). The van der Waals surface area contributed by atoms with Gasteiger partial charge in [-0.1, -0.05) is 47.5 Å². The van der Waals surface area contributed by atoms with E-state index >= 15 is 0 Å². The lowest BCUT2D eigenvalue weighted by Crippen LogP contribution is -2.43. The van der Waals surface area contributed by atoms with E-state index in [1.807, 2.05) is 30.3 Å². The number of piperidine rings is 1. The van der Waals surface area contributed by atoms with Gasteiger partial charge in [-0.15, -0.1) is 0 Å². The van der Waals surface area contributed by atoms with E-state index in [0.717, 1.165) is 22.9 Å². The molecule has 2 amide bonds. The van der Waals surface area contributed by atoms with E-state index < -0.39 is 0 Å². The molecule has 1 aliphatic rings. The number of hydrogen-bond donors (Lipinski definition) is 1. The van der Waals surface area contributed by atoms with Crippen molar-refractivity contribution in [1.82, 2.24) is 4.90 Å². The summed E-state index contributed by atoms with van der Waals surface area (Å²) in [5.74, 6) is 0.150. The fourth-order valence-electron chi connectivity index (χ4n) is 4.01. The third-order valence-corrected chi connectivity index (χ3v) is 6.16. The van der Waals surface area contributed by atoms with Crippen LogP contribution >= 0.6 is 23.2 Å². The van der Waals surface area contributed by atoms with Crippen LogP contribution in [0.3, 0.4) is 0 Å². The van der Waals surface area contributed by atoms with Gasteiger partial charge >= 0.3 is 0 Å². The number of carbonyl (C=O) groups excluding carboxylic acids is 2. The number of methoxy groups -OCH3 is 1. The molecule has 7 heteroatoms. The SMILES string of the molecule is COc1ccc(C(=O)N2CCCC(C(=O)Nc3cc(Cl)ccc3Cl)C2)c2ccccc12. The minimum absolute atomic E-state index is 0.0860. The van der Waals surface area contributed by atoms with Crippen molar-refractivity contribution in [3.63, 3.8) is 0 Å². The average molecular weight is 457 g/mol. The third kappa shape index (κ3) is 4.48. The highest BCUT2D eigenvalue weighted by atomic mass is 35.5. The molecule has 1 aliphatic heterocycles. The predicted octanol–water partition coefficient (Wildman–Crippen LogP) is 5.65. The molecule has 5 nitrogen and oxygen atoms in total. The van der Waals surface area contributed by atoms with Crippen LogP contribution in [-0.2, 0) is 4.79 Å². The van der Waals surface area contributed by atoms with Crippen molar-refractivity contribution in [2.24, 2.45) is 5.92 Å². The first-order valence-electron chi connectivity index (χ1n) is 10.1. The molecule has 4 rings (SSSR count). The molecule has 1 atom stereocenters. The summed E-state index contributed by atoms with van der Waals surface area (Å²) in [6.45, 7) is 0.962. The van der Waals surface area contributed by atoms with E-state index in [4.69, 9.17) is 27.9 Å². The number of benzene rings is 3. The topological polar surface area (TPSA) is 58.6 Å². The molecule has 1 unspecified atom stereocenters. The molecule has 3 aromatic carbocycles. The number of carbonyl (C=O) groups is 2. The maximum Gasteiger partial charge on any atom is 0.254 e. The maximum absolute atomic E-state index is 13.4. The Balaban J connectivity index is 1.54. The Morgan fingerprint density at radius 2 is 1.84 bits per heavy atom. The fourth-order valence-corrected chi connectivity index (χ4v) is 4.35. The van der Waals surface area contributed by atoms with E-state index in [9.17, 15) is 9.59 Å². The first-order chi connectivity index (χ1) is 15.0. The quantitative estimate of drug-likeness (QED) is 0.551. The molecule has 160 valence electrons. The molecular formula is C24H22Cl2N2O3. The Morgan fingerprint density at radius 3 is 2.61 bits per heavy atom. The number of amides is 2. The van der Waals surface area contributed by atoms with Crippen LogP contribution in [0.25, 0.3) is 10.8 Å². The Labute approximate surface area is 190 Å². The van der Waals surface area contributed by atoms with Crippen molar-refractivity contribution in [2.75, 3.05) is 25.5 Å². The van der Waals surface area contributed by atoms with Gasteiger partial charge in [-0.05, 0) is 48.6 Å². The van der Waals surface area contributed by atoms with Crippen molar-refractivity contribution in [2.45, 2.75) is 12.8 Å². The van der Waals surface area contributed by atoms with Gasteiger partial charge in [0.05, 0.1) is 23.7 Å². The summed E-state index contributed by atoms with van der Waals surface area (Å²) in [6.07, 6.45) is 1.46. The van der Waals surface area contributed by atoms with Gasteiger partial charge in [-0.25, -0.2) is 0 Å². The zero-order valence-corrected chi connectivity index (χ0v) is 18.5. The largest absolute Gasteiger partial charge is 0.496 e. The zero-order valence-electron chi connectivity index (χ0n) is 17.0. The predicted molar refractivity (Wildman–Crippen MR) is 124 cm³/mol. The lowest BCUT2D eigenvalue weighted by atomic mass is 9.95. The molecule has 3 aromatic rings. The van der Waals surface area contributed by atoms with Gasteiger partial charge in [-0.2, -0.15) is 0 Å². The van der Waals surface area contributed by atoms with Gasteiger partial charge in [0.25, 0.3) is 5.91 Å². The summed E-state index contributed by atoms with van der Waals surface area (Å²) in [5, 5.41) is 5.49. The number of nitrogens with zero attached hydrogens (tertiary/aromatic N) is 1. The second-order valence-electron chi connectivity index (χ2n) is 7.56. The summed E-state index contributed by atoms with van der Waals surface area (Å²) in [7, 11) is 1.61. The lowest BCUT2D eigenvalue weighted by molar-refractivity contribution is -0.121. The van der Waals surface area contributed by atoms with E-state index in [2.05, 4.69) is 5.32 Å². The van der Waals surface area contributed by atoms with Crippen LogP contribution < -0.4 is 10.1 Å². The molecule has 0 aliphatic carbocycles. The number of ether oxygens (including phenoxy) is 1. The highest BCUT2D eigenvalue weighted by Gasteiger charge is 2.30. The van der Waals surface area contributed by atoms with Gasteiger partial charge in [0, 0.05) is 29.1 Å². The van der Waals surface area contributed by atoms with E-state index in [1.54, 1.807) is 36.3 Å². The Morgan fingerprint density at radius 1 is 1.06 bits per heavy atom. The van der Waals surface area contributed by atoms with Gasteiger partial charge in [-0.3, -0.25) is 9.59 Å². The molecule has 0 saturated carbocycles. The molecule has 0 bridgehead atoms. The van der Waals surface area contributed by atoms with Crippen molar-refractivity contribution in [3.8, 4) is 5.75 Å². The number of halogens is 2. The minimum atomic E-state index is -0.322. The molecule has 1 heterocycles. The van der Waals surface area contributed by atoms with Crippen molar-refractivity contribution in [1.29, 1.82) is 0 Å². The summed E-state index contributed by atoms with van der Waals surface area (Å²) >= 11 is 12.2. The van der Waals surface area contributed by atoms with E-state index in [-0.39, 0.29) is 17.7 Å². The van der Waals surface area contributed by atoms with Gasteiger partial charge in [0.15, 0.2) is 0 Å². The van der Waals surface area contributed by atoms with Crippen molar-refractivity contribution in [3.05, 3.63) is 70.2 Å². The van der Waals surface area contributed by atoms with Gasteiger partial charge in [0.2, 0.25) is 5.91 Å². The number of fused-ring (bicyclic) bond motifs is 1. The smallest absolute Gasteiger partial charge is 0.254 e. The molecule has 1 fully saturated rings. The summed E-state index contributed by atoms with van der Waals surface area (Å²) < 4.78 is 5.43. The molecular weight excluding hydrogens is 435 g/mol. The highest BCUT2D eigenvalue weighted by molar-refractivity contribution is 6.35. The normalized spacial score (nSPS) is 16.2.